The van der Waals surface area contributed by atoms with Crippen LogP contribution in [0, 0.1) is 6.92 Å². The number of amides is 1. The Bertz CT molecular complexity index is 700. The molecule has 1 atom stereocenters. The molecule has 0 saturated carbocycles. The Kier molecular flexibility index (Phi) is 5.03. The van der Waals surface area contributed by atoms with E-state index in [0.29, 0.717) is 21.6 Å². The lowest BCUT2D eigenvalue weighted by atomic mass is 10.3. The molecule has 110 valence electrons. The molecule has 0 spiro atoms. The second-order valence-electron chi connectivity index (χ2n) is 4.45. The first-order valence-electron chi connectivity index (χ1n) is 6.25. The van der Waals surface area contributed by atoms with Crippen molar-refractivity contribution in [2.45, 2.75) is 24.3 Å². The van der Waals surface area contributed by atoms with E-state index in [9.17, 15) is 9.59 Å². The zero-order valence-corrected chi connectivity index (χ0v) is 13.1. The molecule has 0 aliphatic carbocycles. The van der Waals surface area contributed by atoms with Crippen LogP contribution in [0.25, 0.3) is 0 Å². The van der Waals surface area contributed by atoms with Crippen molar-refractivity contribution in [1.29, 1.82) is 0 Å². The van der Waals surface area contributed by atoms with Crippen LogP contribution in [0.3, 0.4) is 0 Å². The van der Waals surface area contributed by atoms with Gasteiger partial charge in [0.25, 0.3) is 5.56 Å². The molecule has 0 bridgehead atoms. The Morgan fingerprint density at radius 2 is 2.05 bits per heavy atom. The average Bonchev–Trinajstić information content (AvgIpc) is 2.40. The fourth-order valence-corrected chi connectivity index (χ4v) is 2.59. The van der Waals surface area contributed by atoms with E-state index in [2.05, 4.69) is 15.3 Å². The third-order valence-corrected chi connectivity index (χ3v) is 3.85. The van der Waals surface area contributed by atoms with Crippen molar-refractivity contribution in [2.75, 3.05) is 5.32 Å². The van der Waals surface area contributed by atoms with Crippen LogP contribution in [-0.2, 0) is 4.79 Å². The minimum atomic E-state index is -0.398. The summed E-state index contributed by atoms with van der Waals surface area (Å²) in [6.07, 6.45) is 0. The summed E-state index contributed by atoms with van der Waals surface area (Å²) in [6.45, 7) is 3.48. The van der Waals surface area contributed by atoms with Crippen LogP contribution in [0.1, 0.15) is 12.6 Å². The quantitative estimate of drug-likeness (QED) is 0.670. The summed E-state index contributed by atoms with van der Waals surface area (Å²) in [4.78, 5) is 30.2. The number of benzene rings is 1. The highest BCUT2D eigenvalue weighted by Gasteiger charge is 2.16. The summed E-state index contributed by atoms with van der Waals surface area (Å²) in [5, 5.41) is 3.42. The lowest BCUT2D eigenvalue weighted by molar-refractivity contribution is -0.115. The normalized spacial score (nSPS) is 12.0. The smallest absolute Gasteiger partial charge is 0.251 e. The van der Waals surface area contributed by atoms with E-state index in [1.165, 1.54) is 17.8 Å². The number of rotatable bonds is 4. The molecular weight excluding hydrogens is 310 g/mol. The van der Waals surface area contributed by atoms with Gasteiger partial charge in [-0.25, -0.2) is 4.98 Å². The molecule has 0 aliphatic rings. The first kappa shape index (κ1) is 15.6. The summed E-state index contributed by atoms with van der Waals surface area (Å²) < 4.78 is 0. The maximum Gasteiger partial charge on any atom is 0.251 e. The van der Waals surface area contributed by atoms with Crippen molar-refractivity contribution in [3.05, 3.63) is 51.4 Å². The molecule has 1 amide bonds. The molecule has 2 N–H and O–H groups in total. The minimum Gasteiger partial charge on any atom is -0.325 e. The number of aryl methyl sites for hydroxylation is 1. The zero-order chi connectivity index (χ0) is 15.4. The summed E-state index contributed by atoms with van der Waals surface area (Å²) in [5.74, 6) is -0.175. The number of nitrogens with zero attached hydrogens (tertiary/aromatic N) is 1. The third-order valence-electron chi connectivity index (χ3n) is 2.62. The van der Waals surface area contributed by atoms with E-state index < -0.39 is 5.25 Å². The Hall–Kier alpha value is -1.79. The summed E-state index contributed by atoms with van der Waals surface area (Å²) in [7, 11) is 0. The van der Waals surface area contributed by atoms with E-state index in [-0.39, 0.29) is 11.5 Å². The van der Waals surface area contributed by atoms with E-state index in [1.807, 2.05) is 0 Å². The van der Waals surface area contributed by atoms with Gasteiger partial charge in [0.2, 0.25) is 5.91 Å². The van der Waals surface area contributed by atoms with Gasteiger partial charge in [0.15, 0.2) is 5.16 Å². The van der Waals surface area contributed by atoms with E-state index in [1.54, 1.807) is 38.1 Å². The lowest BCUT2D eigenvalue weighted by Gasteiger charge is -2.11. The van der Waals surface area contributed by atoms with Crippen molar-refractivity contribution in [2.24, 2.45) is 0 Å². The number of hydrogen-bond donors (Lipinski definition) is 2. The van der Waals surface area contributed by atoms with E-state index >= 15 is 0 Å². The van der Waals surface area contributed by atoms with Gasteiger partial charge in [0.05, 0.1) is 5.25 Å². The minimum absolute atomic E-state index is 0.175. The van der Waals surface area contributed by atoms with Gasteiger partial charge in [-0.3, -0.25) is 9.59 Å². The highest BCUT2D eigenvalue weighted by atomic mass is 35.5. The van der Waals surface area contributed by atoms with Crippen molar-refractivity contribution >= 4 is 35.0 Å². The molecule has 21 heavy (non-hydrogen) atoms. The number of aromatic nitrogens is 2. The molecule has 1 aromatic heterocycles. The van der Waals surface area contributed by atoms with Crippen molar-refractivity contribution in [3.63, 3.8) is 0 Å². The van der Waals surface area contributed by atoms with Crippen molar-refractivity contribution in [1.82, 2.24) is 9.97 Å². The average molecular weight is 324 g/mol. The number of carbonyl (C=O) groups is 1. The van der Waals surface area contributed by atoms with Crippen LogP contribution in [0.4, 0.5) is 5.69 Å². The first-order valence-corrected chi connectivity index (χ1v) is 7.51. The molecule has 7 heteroatoms. The number of aromatic amines is 1. The van der Waals surface area contributed by atoms with E-state index in [0.717, 1.165) is 0 Å². The van der Waals surface area contributed by atoms with Gasteiger partial charge in [-0.2, -0.15) is 0 Å². The van der Waals surface area contributed by atoms with Gasteiger partial charge in [-0.05, 0) is 38.1 Å². The molecule has 1 aromatic carbocycles. The maximum atomic E-state index is 12.1. The standard InChI is InChI=1S/C14H14ClN3O2S/c1-8-7-12(19)18-14(16-8)21-9(2)13(20)17-11-5-3-10(15)4-6-11/h3-7,9H,1-2H3,(H,17,20)(H,16,18,19)/t9-/m1/s1. The number of carbonyl (C=O) groups excluding carboxylic acids is 1. The molecule has 0 fully saturated rings. The maximum absolute atomic E-state index is 12.1. The van der Waals surface area contributed by atoms with Gasteiger partial charge in [0.1, 0.15) is 0 Å². The highest BCUT2D eigenvalue weighted by Crippen LogP contribution is 2.20. The second-order valence-corrected chi connectivity index (χ2v) is 6.21. The van der Waals surface area contributed by atoms with Crippen LogP contribution >= 0.6 is 23.4 Å². The summed E-state index contributed by atoms with van der Waals surface area (Å²) in [5.41, 5.74) is 1.06. The Labute approximate surface area is 131 Å². The SMILES string of the molecule is Cc1cc(=O)[nH]c(S[C@H](C)C(=O)Nc2ccc(Cl)cc2)n1. The van der Waals surface area contributed by atoms with Crippen LogP contribution in [0.5, 0.6) is 0 Å². The fourth-order valence-electron chi connectivity index (χ4n) is 1.61. The van der Waals surface area contributed by atoms with Crippen molar-refractivity contribution < 1.29 is 4.79 Å². The molecule has 5 nitrogen and oxygen atoms in total. The number of anilines is 1. The molecule has 2 rings (SSSR count). The zero-order valence-electron chi connectivity index (χ0n) is 11.5. The van der Waals surface area contributed by atoms with Gasteiger partial charge < -0.3 is 10.3 Å². The third kappa shape index (κ3) is 4.61. The number of H-pyrrole nitrogens is 1. The van der Waals surface area contributed by atoms with Gasteiger partial charge in [-0.15, -0.1) is 0 Å². The first-order chi connectivity index (χ1) is 9.94. The Morgan fingerprint density at radius 3 is 2.67 bits per heavy atom. The van der Waals surface area contributed by atoms with Crippen LogP contribution in [-0.4, -0.2) is 21.1 Å². The molecule has 0 saturated heterocycles. The molecule has 1 heterocycles. The van der Waals surface area contributed by atoms with Gasteiger partial charge >= 0.3 is 0 Å². The number of nitrogens with one attached hydrogen (secondary N) is 2. The van der Waals surface area contributed by atoms with Crippen LogP contribution in [0.15, 0.2) is 40.3 Å². The van der Waals surface area contributed by atoms with Gasteiger partial charge in [0, 0.05) is 22.5 Å². The summed E-state index contributed by atoms with van der Waals surface area (Å²) in [6, 6.07) is 8.26. The molecule has 0 unspecified atom stereocenters. The Balaban J connectivity index is 2.02. The highest BCUT2D eigenvalue weighted by molar-refractivity contribution is 8.00. The molecule has 0 radical (unpaired) electrons. The predicted molar refractivity (Wildman–Crippen MR) is 85.0 cm³/mol. The number of halogens is 1. The summed E-state index contributed by atoms with van der Waals surface area (Å²) >= 11 is 6.99. The Morgan fingerprint density at radius 1 is 1.38 bits per heavy atom. The van der Waals surface area contributed by atoms with Crippen LogP contribution < -0.4 is 10.9 Å². The van der Waals surface area contributed by atoms with Crippen LogP contribution in [0.2, 0.25) is 5.02 Å². The van der Waals surface area contributed by atoms with E-state index in [4.69, 9.17) is 11.6 Å². The second kappa shape index (κ2) is 6.78. The van der Waals surface area contributed by atoms with Gasteiger partial charge in [-0.1, -0.05) is 23.4 Å². The number of thioether (sulfide) groups is 1. The molecule has 0 aliphatic heterocycles. The molecule has 2 aromatic rings. The predicted octanol–water partition coefficient (Wildman–Crippen LogP) is 2.85. The van der Waals surface area contributed by atoms with Crippen molar-refractivity contribution in [3.8, 4) is 0 Å². The lowest BCUT2D eigenvalue weighted by Crippen LogP contribution is -2.23. The largest absolute Gasteiger partial charge is 0.325 e. The topological polar surface area (TPSA) is 74.8 Å². The monoisotopic (exact) mass is 323 g/mol. The molecular formula is C14H14ClN3O2S. The fraction of sp³-hybridized carbons (Fsp3) is 0.214. The number of hydrogen-bond acceptors (Lipinski definition) is 4.